The Morgan fingerprint density at radius 1 is 1.47 bits per heavy atom. The summed E-state index contributed by atoms with van der Waals surface area (Å²) in [6, 6.07) is 4.49. The van der Waals surface area contributed by atoms with E-state index in [0.717, 1.165) is 0 Å². The largest absolute Gasteiger partial charge is 0.475 e. The van der Waals surface area contributed by atoms with Gasteiger partial charge in [0.05, 0.1) is 5.02 Å². The number of hydrogen-bond acceptors (Lipinski definition) is 3. The van der Waals surface area contributed by atoms with E-state index in [1.807, 2.05) is 0 Å². The molecule has 1 aromatic heterocycles. The molecule has 0 bridgehead atoms. The highest BCUT2D eigenvalue weighted by molar-refractivity contribution is 9.10. The molecule has 1 heterocycles. The molecule has 2 rings (SSSR count). The summed E-state index contributed by atoms with van der Waals surface area (Å²) >= 11 is 8.95. The van der Waals surface area contributed by atoms with E-state index in [1.54, 1.807) is 0 Å². The van der Waals surface area contributed by atoms with Gasteiger partial charge in [-0.1, -0.05) is 11.6 Å². The zero-order chi connectivity index (χ0) is 14.2. The minimum absolute atomic E-state index is 0.204. The third kappa shape index (κ3) is 2.76. The smallest absolute Gasteiger partial charge is 0.374 e. The molecule has 0 radical (unpaired) electrons. The molecule has 0 aliphatic heterocycles. The fourth-order valence-corrected chi connectivity index (χ4v) is 1.88. The van der Waals surface area contributed by atoms with Gasteiger partial charge in [-0.25, -0.2) is 18.6 Å². The molecule has 19 heavy (non-hydrogen) atoms. The highest BCUT2D eigenvalue weighted by atomic mass is 79.9. The first-order valence-corrected chi connectivity index (χ1v) is 6.05. The SMILES string of the molecule is O=C(O)c1oc(-c2ccc(Cl)c(Br)c2)nc1C(F)F. The van der Waals surface area contributed by atoms with Crippen LogP contribution < -0.4 is 0 Å². The third-order valence-electron chi connectivity index (χ3n) is 2.22. The lowest BCUT2D eigenvalue weighted by atomic mass is 10.2. The highest BCUT2D eigenvalue weighted by Gasteiger charge is 2.26. The van der Waals surface area contributed by atoms with Gasteiger partial charge in [0.15, 0.2) is 5.69 Å². The van der Waals surface area contributed by atoms with Crippen molar-refractivity contribution in [2.75, 3.05) is 0 Å². The first-order chi connectivity index (χ1) is 8.90. The summed E-state index contributed by atoms with van der Waals surface area (Å²) < 4.78 is 30.7. The monoisotopic (exact) mass is 351 g/mol. The Morgan fingerprint density at radius 2 is 2.16 bits per heavy atom. The predicted molar refractivity (Wildman–Crippen MR) is 66.6 cm³/mol. The van der Waals surface area contributed by atoms with Crippen molar-refractivity contribution in [3.8, 4) is 11.5 Å². The van der Waals surface area contributed by atoms with Gasteiger partial charge in [-0.15, -0.1) is 0 Å². The molecule has 0 unspecified atom stereocenters. The molecule has 0 aliphatic rings. The molecule has 1 N–H and O–H groups in total. The number of hydrogen-bond donors (Lipinski definition) is 1. The fraction of sp³-hybridized carbons (Fsp3) is 0.0909. The van der Waals surface area contributed by atoms with Crippen molar-refractivity contribution in [1.82, 2.24) is 4.98 Å². The number of halogens is 4. The number of alkyl halides is 2. The molecule has 0 saturated carbocycles. The van der Waals surface area contributed by atoms with E-state index in [4.69, 9.17) is 21.1 Å². The first kappa shape index (κ1) is 14.0. The molecule has 2 aromatic rings. The Kier molecular flexibility index (Phi) is 3.86. The molecular formula is C11H5BrClF2NO3. The van der Waals surface area contributed by atoms with E-state index in [9.17, 15) is 13.6 Å². The number of aromatic carboxylic acids is 1. The van der Waals surface area contributed by atoms with Crippen LogP contribution in [0.25, 0.3) is 11.5 Å². The van der Waals surface area contributed by atoms with Crippen molar-refractivity contribution in [1.29, 1.82) is 0 Å². The Labute approximate surface area is 119 Å². The van der Waals surface area contributed by atoms with Crippen molar-refractivity contribution < 1.29 is 23.1 Å². The van der Waals surface area contributed by atoms with E-state index >= 15 is 0 Å². The second kappa shape index (κ2) is 5.26. The summed E-state index contributed by atoms with van der Waals surface area (Å²) in [7, 11) is 0. The number of aromatic nitrogens is 1. The average Bonchev–Trinajstić information content (AvgIpc) is 2.78. The van der Waals surface area contributed by atoms with Gasteiger partial charge >= 0.3 is 5.97 Å². The first-order valence-electron chi connectivity index (χ1n) is 4.87. The van der Waals surface area contributed by atoms with Crippen molar-refractivity contribution in [3.63, 3.8) is 0 Å². The van der Waals surface area contributed by atoms with Crippen molar-refractivity contribution in [3.05, 3.63) is 39.1 Å². The average molecular weight is 353 g/mol. The maximum absolute atomic E-state index is 12.6. The van der Waals surface area contributed by atoms with E-state index in [0.29, 0.717) is 15.1 Å². The van der Waals surface area contributed by atoms with Crippen LogP contribution in [0.3, 0.4) is 0 Å². The Bertz CT molecular complexity index is 645. The number of nitrogens with zero attached hydrogens (tertiary/aromatic N) is 1. The summed E-state index contributed by atoms with van der Waals surface area (Å²) in [4.78, 5) is 14.3. The van der Waals surface area contributed by atoms with E-state index < -0.39 is 23.8 Å². The van der Waals surface area contributed by atoms with Crippen molar-refractivity contribution in [2.45, 2.75) is 6.43 Å². The standard InChI is InChI=1S/C11H5BrClF2NO3/c12-5-3-4(1-2-6(5)13)10-16-7(9(14)15)8(19-10)11(17)18/h1-3,9H,(H,17,18). The molecule has 0 amide bonds. The second-order valence-electron chi connectivity index (χ2n) is 3.47. The maximum Gasteiger partial charge on any atom is 0.374 e. The van der Waals surface area contributed by atoms with Crippen LogP contribution in [0.5, 0.6) is 0 Å². The fourth-order valence-electron chi connectivity index (χ4n) is 1.39. The lowest BCUT2D eigenvalue weighted by molar-refractivity contribution is 0.0647. The molecule has 100 valence electrons. The minimum Gasteiger partial charge on any atom is -0.475 e. The summed E-state index contributed by atoms with van der Waals surface area (Å²) in [6.45, 7) is 0. The van der Waals surface area contributed by atoms with Gasteiger partial charge in [0.1, 0.15) is 0 Å². The third-order valence-corrected chi connectivity index (χ3v) is 3.43. The highest BCUT2D eigenvalue weighted by Crippen LogP contribution is 2.31. The summed E-state index contributed by atoms with van der Waals surface area (Å²) in [5, 5.41) is 9.20. The van der Waals surface area contributed by atoms with Crippen LogP contribution in [0.1, 0.15) is 22.7 Å². The quantitative estimate of drug-likeness (QED) is 0.889. The Hall–Kier alpha value is -1.47. The van der Waals surface area contributed by atoms with Crippen LogP contribution in [-0.4, -0.2) is 16.1 Å². The number of carboxylic acids is 1. The molecule has 4 nitrogen and oxygen atoms in total. The molecular weight excluding hydrogens is 347 g/mol. The zero-order valence-corrected chi connectivity index (χ0v) is 11.4. The van der Waals surface area contributed by atoms with Crippen LogP contribution in [0.15, 0.2) is 27.1 Å². The molecule has 1 aromatic carbocycles. The number of benzene rings is 1. The summed E-state index contributed by atoms with van der Waals surface area (Å²) in [6.07, 6.45) is -3.03. The molecule has 0 spiro atoms. The Balaban J connectivity index is 2.54. The van der Waals surface area contributed by atoms with Gasteiger partial charge in [0.25, 0.3) is 6.43 Å². The zero-order valence-electron chi connectivity index (χ0n) is 9.03. The number of oxazole rings is 1. The van der Waals surface area contributed by atoms with Crippen LogP contribution >= 0.6 is 27.5 Å². The summed E-state index contributed by atoms with van der Waals surface area (Å²) in [5.74, 6) is -2.66. The topological polar surface area (TPSA) is 63.3 Å². The minimum atomic E-state index is -3.03. The van der Waals surface area contributed by atoms with Gasteiger partial charge in [-0.05, 0) is 34.1 Å². The van der Waals surface area contributed by atoms with Crippen LogP contribution in [-0.2, 0) is 0 Å². The Morgan fingerprint density at radius 3 is 2.63 bits per heavy atom. The van der Waals surface area contributed by atoms with Crippen molar-refractivity contribution >= 4 is 33.5 Å². The predicted octanol–water partition coefficient (Wildman–Crippen LogP) is 4.39. The maximum atomic E-state index is 12.6. The summed E-state index contributed by atoms with van der Waals surface area (Å²) in [5.41, 5.74) is -0.556. The van der Waals surface area contributed by atoms with Crippen LogP contribution in [0.4, 0.5) is 8.78 Å². The van der Waals surface area contributed by atoms with Crippen LogP contribution in [0, 0.1) is 0 Å². The van der Waals surface area contributed by atoms with Gasteiger partial charge in [0.2, 0.25) is 11.7 Å². The number of rotatable bonds is 3. The normalized spacial score (nSPS) is 11.0. The van der Waals surface area contributed by atoms with Gasteiger partial charge in [-0.3, -0.25) is 0 Å². The molecule has 0 atom stereocenters. The van der Waals surface area contributed by atoms with Gasteiger partial charge in [-0.2, -0.15) is 0 Å². The van der Waals surface area contributed by atoms with E-state index in [-0.39, 0.29) is 5.89 Å². The second-order valence-corrected chi connectivity index (χ2v) is 4.73. The van der Waals surface area contributed by atoms with Crippen LogP contribution in [0.2, 0.25) is 5.02 Å². The number of carbonyl (C=O) groups is 1. The van der Waals surface area contributed by atoms with Crippen molar-refractivity contribution in [2.24, 2.45) is 0 Å². The molecule has 0 aliphatic carbocycles. The van der Waals surface area contributed by atoms with E-state index in [2.05, 4.69) is 20.9 Å². The van der Waals surface area contributed by atoms with Gasteiger partial charge < -0.3 is 9.52 Å². The molecule has 0 fully saturated rings. The molecule has 0 saturated heterocycles. The lowest BCUT2D eigenvalue weighted by Gasteiger charge is -1.98. The van der Waals surface area contributed by atoms with E-state index in [1.165, 1.54) is 18.2 Å². The lowest BCUT2D eigenvalue weighted by Crippen LogP contribution is -1.99. The van der Waals surface area contributed by atoms with Gasteiger partial charge in [0, 0.05) is 10.0 Å². The molecule has 8 heteroatoms. The number of carboxylic acid groups (broad SMARTS) is 1.